The van der Waals surface area contributed by atoms with Crippen LogP contribution in [0.5, 0.6) is 0 Å². The summed E-state index contributed by atoms with van der Waals surface area (Å²) < 4.78 is 16.9. The normalized spacial score (nSPS) is 12.3. The van der Waals surface area contributed by atoms with Crippen LogP contribution < -0.4 is 0 Å². The number of hydrogen-bond acceptors (Lipinski definition) is 6. The summed E-state index contributed by atoms with van der Waals surface area (Å²) in [4.78, 5) is 38.3. The van der Waals surface area contributed by atoms with Crippen LogP contribution in [0.3, 0.4) is 0 Å². The zero-order chi connectivity index (χ0) is 57.1. The molecule has 0 fully saturated rings. The molecule has 1 atom stereocenters. The van der Waals surface area contributed by atoms with Gasteiger partial charge in [-0.3, -0.25) is 14.4 Å². The lowest BCUT2D eigenvalue weighted by Crippen LogP contribution is -2.30. The fraction of sp³-hybridized carbons (Fsp3) is 0.849. The summed E-state index contributed by atoms with van der Waals surface area (Å²) in [6.45, 7) is 6.56. The Morgan fingerprint density at radius 1 is 0.266 bits per heavy atom. The van der Waals surface area contributed by atoms with Gasteiger partial charge in [-0.1, -0.05) is 352 Å². The first-order chi connectivity index (χ1) is 39.0. The van der Waals surface area contributed by atoms with Crippen LogP contribution in [0.2, 0.25) is 0 Å². The second kappa shape index (κ2) is 67.9. The van der Waals surface area contributed by atoms with E-state index < -0.39 is 6.10 Å². The molecular formula is C73H134O6. The molecule has 0 bridgehead atoms. The summed E-state index contributed by atoms with van der Waals surface area (Å²) in [6, 6.07) is 0. The highest BCUT2D eigenvalue weighted by molar-refractivity contribution is 5.71. The van der Waals surface area contributed by atoms with Crippen LogP contribution in [0.25, 0.3) is 0 Å². The molecule has 0 aliphatic carbocycles. The molecule has 0 N–H and O–H groups in total. The van der Waals surface area contributed by atoms with E-state index in [1.54, 1.807) is 0 Å². The van der Waals surface area contributed by atoms with Crippen molar-refractivity contribution in [2.24, 2.45) is 0 Å². The second-order valence-corrected chi connectivity index (χ2v) is 23.8. The molecule has 0 aliphatic heterocycles. The molecule has 0 aromatic rings. The molecular weight excluding hydrogens is 973 g/mol. The number of esters is 3. The van der Waals surface area contributed by atoms with Gasteiger partial charge >= 0.3 is 17.9 Å². The van der Waals surface area contributed by atoms with E-state index in [1.807, 2.05) is 0 Å². The Balaban J connectivity index is 4.07. The van der Waals surface area contributed by atoms with Crippen LogP contribution >= 0.6 is 0 Å². The van der Waals surface area contributed by atoms with Crippen LogP contribution in [-0.4, -0.2) is 37.2 Å². The first kappa shape index (κ1) is 76.4. The van der Waals surface area contributed by atoms with Gasteiger partial charge in [-0.05, 0) is 57.8 Å². The average Bonchev–Trinajstić information content (AvgIpc) is 3.45. The topological polar surface area (TPSA) is 78.9 Å². The molecule has 0 radical (unpaired) electrons. The Hall–Kier alpha value is -2.63. The summed E-state index contributed by atoms with van der Waals surface area (Å²) in [5.41, 5.74) is 0. The van der Waals surface area contributed by atoms with E-state index in [2.05, 4.69) is 69.4 Å². The third-order valence-corrected chi connectivity index (χ3v) is 15.8. The standard InChI is InChI=1S/C73H134O6/c1-4-7-10-13-16-19-22-24-26-28-29-30-31-32-33-34-35-36-37-38-39-40-41-42-43-45-46-48-51-54-57-60-63-66-72(75)78-69-70(68-77-71(74)65-62-59-56-53-50-21-18-15-12-9-6-3)79-73(76)67-64-61-58-55-52-49-47-44-27-25-23-20-17-14-11-8-5-2/h8,11,17,20,25,27,47,49,70H,4-7,9-10,12-16,18-19,21-24,26,28-46,48,50-69H2,1-3H3/b11-8-,20-17-,27-25-,49-47-. The minimum Gasteiger partial charge on any atom is -0.462 e. The van der Waals surface area contributed by atoms with Crippen LogP contribution in [0, 0.1) is 0 Å². The van der Waals surface area contributed by atoms with Gasteiger partial charge in [0, 0.05) is 19.3 Å². The first-order valence-corrected chi connectivity index (χ1v) is 35.1. The third-order valence-electron chi connectivity index (χ3n) is 15.8. The highest BCUT2D eigenvalue weighted by Gasteiger charge is 2.19. The van der Waals surface area contributed by atoms with E-state index in [-0.39, 0.29) is 31.1 Å². The Morgan fingerprint density at radius 2 is 0.494 bits per heavy atom. The summed E-state index contributed by atoms with van der Waals surface area (Å²) in [7, 11) is 0. The number of carbonyl (C=O) groups excluding carboxylic acids is 3. The van der Waals surface area contributed by atoms with Crippen molar-refractivity contribution >= 4 is 17.9 Å². The molecule has 462 valence electrons. The maximum atomic E-state index is 12.9. The van der Waals surface area contributed by atoms with Crippen molar-refractivity contribution in [1.29, 1.82) is 0 Å². The first-order valence-electron chi connectivity index (χ1n) is 35.1. The van der Waals surface area contributed by atoms with E-state index in [0.29, 0.717) is 19.3 Å². The third kappa shape index (κ3) is 66.1. The molecule has 0 saturated heterocycles. The largest absolute Gasteiger partial charge is 0.462 e. The fourth-order valence-electron chi connectivity index (χ4n) is 10.6. The molecule has 0 aromatic heterocycles. The van der Waals surface area contributed by atoms with Crippen molar-refractivity contribution in [3.8, 4) is 0 Å². The van der Waals surface area contributed by atoms with Gasteiger partial charge in [-0.25, -0.2) is 0 Å². The quantitative estimate of drug-likeness (QED) is 0.0261. The van der Waals surface area contributed by atoms with Gasteiger partial charge in [0.25, 0.3) is 0 Å². The lowest BCUT2D eigenvalue weighted by molar-refractivity contribution is -0.167. The number of rotatable bonds is 65. The number of ether oxygens (including phenoxy) is 3. The molecule has 6 heteroatoms. The molecule has 0 aromatic carbocycles. The van der Waals surface area contributed by atoms with Gasteiger partial charge in [-0.15, -0.1) is 0 Å². The van der Waals surface area contributed by atoms with Crippen LogP contribution in [0.4, 0.5) is 0 Å². The molecule has 1 unspecified atom stereocenters. The zero-order valence-corrected chi connectivity index (χ0v) is 53.2. The maximum absolute atomic E-state index is 12.9. The van der Waals surface area contributed by atoms with Crippen molar-refractivity contribution in [3.05, 3.63) is 48.6 Å². The smallest absolute Gasteiger partial charge is 0.306 e. The van der Waals surface area contributed by atoms with Crippen LogP contribution in [0.1, 0.15) is 380 Å². The van der Waals surface area contributed by atoms with Crippen molar-refractivity contribution in [2.45, 2.75) is 386 Å². The Morgan fingerprint density at radius 3 is 0.772 bits per heavy atom. The van der Waals surface area contributed by atoms with Crippen molar-refractivity contribution < 1.29 is 28.6 Å². The average molecular weight is 1110 g/mol. The molecule has 0 saturated carbocycles. The highest BCUT2D eigenvalue weighted by atomic mass is 16.6. The van der Waals surface area contributed by atoms with Gasteiger partial charge in [0.05, 0.1) is 0 Å². The van der Waals surface area contributed by atoms with Crippen molar-refractivity contribution in [3.63, 3.8) is 0 Å². The lowest BCUT2D eigenvalue weighted by Gasteiger charge is -2.18. The highest BCUT2D eigenvalue weighted by Crippen LogP contribution is 2.19. The molecule has 0 spiro atoms. The Kier molecular flexibility index (Phi) is 65.6. The van der Waals surface area contributed by atoms with Gasteiger partial charge in [0.1, 0.15) is 13.2 Å². The van der Waals surface area contributed by atoms with Crippen molar-refractivity contribution in [2.75, 3.05) is 13.2 Å². The molecule has 0 aliphatic rings. The van der Waals surface area contributed by atoms with E-state index in [0.717, 1.165) is 96.3 Å². The van der Waals surface area contributed by atoms with Crippen LogP contribution in [0.15, 0.2) is 48.6 Å². The molecule has 0 rings (SSSR count). The van der Waals surface area contributed by atoms with Gasteiger partial charge in [0.2, 0.25) is 0 Å². The predicted molar refractivity (Wildman–Crippen MR) is 344 cm³/mol. The Labute approximate surface area is 492 Å². The number of allylic oxidation sites excluding steroid dienone is 8. The van der Waals surface area contributed by atoms with E-state index in [1.165, 1.54) is 244 Å². The number of unbranched alkanes of at least 4 members (excludes halogenated alkanes) is 46. The molecule has 79 heavy (non-hydrogen) atoms. The Bertz CT molecular complexity index is 1360. The summed E-state index contributed by atoms with van der Waals surface area (Å²) in [6.07, 6.45) is 86.0. The van der Waals surface area contributed by atoms with Gasteiger partial charge < -0.3 is 14.2 Å². The van der Waals surface area contributed by atoms with Gasteiger partial charge in [0.15, 0.2) is 6.10 Å². The predicted octanol–water partition coefficient (Wildman–Crippen LogP) is 24.1. The van der Waals surface area contributed by atoms with E-state index in [9.17, 15) is 14.4 Å². The number of carbonyl (C=O) groups is 3. The molecule has 0 heterocycles. The fourth-order valence-corrected chi connectivity index (χ4v) is 10.6. The van der Waals surface area contributed by atoms with Crippen LogP contribution in [-0.2, 0) is 28.6 Å². The van der Waals surface area contributed by atoms with Crippen molar-refractivity contribution in [1.82, 2.24) is 0 Å². The monoisotopic (exact) mass is 1110 g/mol. The summed E-state index contributed by atoms with van der Waals surface area (Å²) in [5.74, 6) is -0.881. The summed E-state index contributed by atoms with van der Waals surface area (Å²) >= 11 is 0. The zero-order valence-electron chi connectivity index (χ0n) is 53.2. The molecule has 0 amide bonds. The SMILES string of the molecule is CC/C=C\C/C=C\C/C=C\C/C=C\CCCCCCC(=O)OC(COC(=O)CCCCCCCCCCCCC)COC(=O)CCCCCCCCCCCCCCCCCCCCCCCCCCCCCCCCCCC. The lowest BCUT2D eigenvalue weighted by atomic mass is 10.0. The minimum absolute atomic E-state index is 0.0786. The maximum Gasteiger partial charge on any atom is 0.306 e. The number of hydrogen-bond donors (Lipinski definition) is 0. The van der Waals surface area contributed by atoms with E-state index in [4.69, 9.17) is 14.2 Å². The summed E-state index contributed by atoms with van der Waals surface area (Å²) in [5, 5.41) is 0. The van der Waals surface area contributed by atoms with E-state index >= 15 is 0 Å². The second-order valence-electron chi connectivity index (χ2n) is 23.8. The molecule has 6 nitrogen and oxygen atoms in total. The van der Waals surface area contributed by atoms with Gasteiger partial charge in [-0.2, -0.15) is 0 Å². The minimum atomic E-state index is -0.783.